The Morgan fingerprint density at radius 1 is 1.76 bits per heavy atom. The Labute approximate surface area is 104 Å². The summed E-state index contributed by atoms with van der Waals surface area (Å²) in [5.74, 6) is 0.0995. The van der Waals surface area contributed by atoms with Gasteiger partial charge >= 0.3 is 0 Å². The molecule has 1 unspecified atom stereocenters. The Hall–Kier alpha value is -1.50. The first-order valence-electron chi connectivity index (χ1n) is 5.39. The van der Waals surface area contributed by atoms with Crippen molar-refractivity contribution in [3.63, 3.8) is 0 Å². The highest BCUT2D eigenvalue weighted by Gasteiger charge is 2.25. The molecule has 0 bridgehead atoms. The molecule has 2 amide bonds. The van der Waals surface area contributed by atoms with Crippen LogP contribution < -0.4 is 10.6 Å². The lowest BCUT2D eigenvalue weighted by Gasteiger charge is -2.20. The molecular formula is C10H14N4O2S. The molecule has 0 saturated carbocycles. The van der Waals surface area contributed by atoms with E-state index in [-0.39, 0.29) is 23.6 Å². The van der Waals surface area contributed by atoms with E-state index >= 15 is 0 Å². The predicted octanol–water partition coefficient (Wildman–Crippen LogP) is -0.325. The number of carbonyl (C=O) groups is 2. The van der Waals surface area contributed by atoms with Crippen LogP contribution in [-0.4, -0.2) is 39.9 Å². The van der Waals surface area contributed by atoms with Gasteiger partial charge in [0.1, 0.15) is 5.69 Å². The largest absolute Gasteiger partial charge is 0.350 e. The van der Waals surface area contributed by atoms with Crippen molar-refractivity contribution in [1.82, 2.24) is 20.4 Å². The molecule has 0 saturated heterocycles. The lowest BCUT2D eigenvalue weighted by Crippen LogP contribution is -2.42. The molecule has 92 valence electrons. The van der Waals surface area contributed by atoms with Crippen molar-refractivity contribution in [2.75, 3.05) is 12.3 Å². The minimum atomic E-state index is -0.276. The Morgan fingerprint density at radius 3 is 3.24 bits per heavy atom. The second-order valence-corrected chi connectivity index (χ2v) is 4.40. The maximum Gasteiger partial charge on any atom is 0.271 e. The van der Waals surface area contributed by atoms with Gasteiger partial charge in [-0.3, -0.25) is 14.3 Å². The second kappa shape index (κ2) is 4.79. The van der Waals surface area contributed by atoms with E-state index in [0.717, 1.165) is 0 Å². The van der Waals surface area contributed by atoms with E-state index in [4.69, 9.17) is 0 Å². The SMILES string of the molecule is CC1Cn2nc(C(=O)NCCS)cc2C(=O)N1. The summed E-state index contributed by atoms with van der Waals surface area (Å²) >= 11 is 4.00. The lowest BCUT2D eigenvalue weighted by atomic mass is 10.2. The summed E-state index contributed by atoms with van der Waals surface area (Å²) in [6, 6.07) is 1.54. The van der Waals surface area contributed by atoms with Crippen molar-refractivity contribution < 1.29 is 9.59 Å². The van der Waals surface area contributed by atoms with Crippen molar-refractivity contribution in [2.24, 2.45) is 0 Å². The first kappa shape index (κ1) is 12.0. The summed E-state index contributed by atoms with van der Waals surface area (Å²) in [5.41, 5.74) is 0.699. The van der Waals surface area contributed by atoms with E-state index < -0.39 is 0 Å². The number of hydrogen-bond donors (Lipinski definition) is 3. The fourth-order valence-corrected chi connectivity index (χ4v) is 1.82. The van der Waals surface area contributed by atoms with Crippen molar-refractivity contribution in [3.8, 4) is 0 Å². The molecule has 0 spiro atoms. The molecule has 1 aliphatic heterocycles. The zero-order valence-electron chi connectivity index (χ0n) is 9.43. The number of thiol groups is 1. The maximum absolute atomic E-state index is 11.7. The zero-order valence-corrected chi connectivity index (χ0v) is 10.3. The van der Waals surface area contributed by atoms with Crippen molar-refractivity contribution in [1.29, 1.82) is 0 Å². The van der Waals surface area contributed by atoms with Gasteiger partial charge in [-0.15, -0.1) is 0 Å². The molecule has 6 nitrogen and oxygen atoms in total. The Balaban J connectivity index is 2.19. The van der Waals surface area contributed by atoms with Gasteiger partial charge in [-0.1, -0.05) is 0 Å². The minimum absolute atomic E-state index is 0.0308. The van der Waals surface area contributed by atoms with Crippen LogP contribution in [0.1, 0.15) is 27.9 Å². The van der Waals surface area contributed by atoms with Crippen LogP contribution in [0.4, 0.5) is 0 Å². The van der Waals surface area contributed by atoms with Crippen LogP contribution in [0.2, 0.25) is 0 Å². The summed E-state index contributed by atoms with van der Waals surface area (Å²) in [6.45, 7) is 2.96. The Morgan fingerprint density at radius 2 is 2.53 bits per heavy atom. The van der Waals surface area contributed by atoms with Crippen LogP contribution in [-0.2, 0) is 6.54 Å². The molecule has 0 aromatic carbocycles. The van der Waals surface area contributed by atoms with Gasteiger partial charge in [0.25, 0.3) is 11.8 Å². The highest BCUT2D eigenvalue weighted by Crippen LogP contribution is 2.10. The topological polar surface area (TPSA) is 76.0 Å². The van der Waals surface area contributed by atoms with Gasteiger partial charge in [-0.2, -0.15) is 17.7 Å². The Kier molecular flexibility index (Phi) is 3.37. The van der Waals surface area contributed by atoms with Crippen molar-refractivity contribution >= 4 is 24.4 Å². The zero-order chi connectivity index (χ0) is 12.4. The minimum Gasteiger partial charge on any atom is -0.350 e. The standard InChI is InChI=1S/C10H14N4O2S/c1-6-5-14-8(10(16)12-6)4-7(13-14)9(15)11-2-3-17/h4,6,17H,2-3,5H2,1H3,(H,11,15)(H,12,16). The van der Waals surface area contributed by atoms with Crippen LogP contribution in [0.3, 0.4) is 0 Å². The van der Waals surface area contributed by atoms with Crippen LogP contribution in [0.25, 0.3) is 0 Å². The van der Waals surface area contributed by atoms with E-state index in [1.54, 1.807) is 4.68 Å². The van der Waals surface area contributed by atoms with Crippen molar-refractivity contribution in [3.05, 3.63) is 17.5 Å². The van der Waals surface area contributed by atoms with Crippen LogP contribution in [0, 0.1) is 0 Å². The average molecular weight is 254 g/mol. The van der Waals surface area contributed by atoms with Gasteiger partial charge in [-0.25, -0.2) is 0 Å². The fraction of sp³-hybridized carbons (Fsp3) is 0.500. The van der Waals surface area contributed by atoms with Gasteiger partial charge in [0.05, 0.1) is 6.54 Å². The number of nitrogens with one attached hydrogen (secondary N) is 2. The third kappa shape index (κ3) is 2.44. The van der Waals surface area contributed by atoms with E-state index in [1.165, 1.54) is 6.07 Å². The molecule has 1 aliphatic rings. The molecule has 1 atom stereocenters. The third-order valence-corrected chi connectivity index (χ3v) is 2.69. The predicted molar refractivity (Wildman–Crippen MR) is 65.3 cm³/mol. The summed E-state index contributed by atoms with van der Waals surface area (Å²) in [7, 11) is 0. The number of aromatic nitrogens is 2. The Bertz CT molecular complexity index is 457. The first-order valence-corrected chi connectivity index (χ1v) is 6.03. The van der Waals surface area contributed by atoms with Crippen LogP contribution in [0.15, 0.2) is 6.07 Å². The third-order valence-electron chi connectivity index (χ3n) is 2.47. The molecule has 2 rings (SSSR count). The molecule has 2 heterocycles. The van der Waals surface area contributed by atoms with E-state index in [0.29, 0.717) is 24.5 Å². The molecule has 0 aliphatic carbocycles. The highest BCUT2D eigenvalue weighted by atomic mass is 32.1. The van der Waals surface area contributed by atoms with Gasteiger partial charge in [0.2, 0.25) is 0 Å². The normalized spacial score (nSPS) is 18.5. The number of amides is 2. The lowest BCUT2D eigenvalue weighted by molar-refractivity contribution is 0.0898. The second-order valence-electron chi connectivity index (χ2n) is 3.95. The average Bonchev–Trinajstić information content (AvgIpc) is 2.69. The molecule has 17 heavy (non-hydrogen) atoms. The number of hydrogen-bond acceptors (Lipinski definition) is 4. The molecule has 1 aromatic heterocycles. The molecular weight excluding hydrogens is 240 g/mol. The van der Waals surface area contributed by atoms with Gasteiger partial charge in [-0.05, 0) is 6.92 Å². The summed E-state index contributed by atoms with van der Waals surface area (Å²) in [4.78, 5) is 23.3. The number of carbonyl (C=O) groups excluding carboxylic acids is 2. The maximum atomic E-state index is 11.7. The highest BCUT2D eigenvalue weighted by molar-refractivity contribution is 7.80. The fourth-order valence-electron chi connectivity index (χ4n) is 1.71. The van der Waals surface area contributed by atoms with E-state index in [2.05, 4.69) is 28.4 Å². The quantitative estimate of drug-likeness (QED) is 0.647. The molecule has 0 fully saturated rings. The number of nitrogens with zero attached hydrogens (tertiary/aromatic N) is 2. The van der Waals surface area contributed by atoms with E-state index in [1.807, 2.05) is 6.92 Å². The summed E-state index contributed by atoms with van der Waals surface area (Å²) < 4.78 is 1.57. The summed E-state index contributed by atoms with van der Waals surface area (Å²) in [6.07, 6.45) is 0. The number of rotatable bonds is 3. The van der Waals surface area contributed by atoms with Crippen molar-refractivity contribution in [2.45, 2.75) is 19.5 Å². The van der Waals surface area contributed by atoms with Crippen LogP contribution >= 0.6 is 12.6 Å². The molecule has 0 radical (unpaired) electrons. The smallest absolute Gasteiger partial charge is 0.271 e. The van der Waals surface area contributed by atoms with Gasteiger partial charge in [0, 0.05) is 24.4 Å². The molecule has 1 aromatic rings. The van der Waals surface area contributed by atoms with Gasteiger partial charge in [0.15, 0.2) is 5.69 Å². The number of fused-ring (bicyclic) bond motifs is 1. The van der Waals surface area contributed by atoms with Gasteiger partial charge < -0.3 is 10.6 Å². The summed E-state index contributed by atoms with van der Waals surface area (Å²) in [5, 5.41) is 9.57. The van der Waals surface area contributed by atoms with Crippen LogP contribution in [0.5, 0.6) is 0 Å². The monoisotopic (exact) mass is 254 g/mol. The first-order chi connectivity index (χ1) is 8.11. The van der Waals surface area contributed by atoms with E-state index in [9.17, 15) is 9.59 Å². The molecule has 2 N–H and O–H groups in total. The molecule has 7 heteroatoms.